The number of nitrogens with zero attached hydrogens (tertiary/aromatic N) is 3. The van der Waals surface area contributed by atoms with Crippen LogP contribution in [0.15, 0.2) is 212 Å². The molecule has 304 valence electrons. The second kappa shape index (κ2) is 14.4. The first-order valence-corrected chi connectivity index (χ1v) is 22.4. The van der Waals surface area contributed by atoms with E-state index in [2.05, 4.69) is 220 Å². The first-order chi connectivity index (χ1) is 32.0. The number of rotatable bonds is 5. The molecule has 0 aliphatic heterocycles. The molecule has 0 amide bonds. The highest BCUT2D eigenvalue weighted by Crippen LogP contribution is 2.50. The highest BCUT2D eigenvalue weighted by molar-refractivity contribution is 6.23. The van der Waals surface area contributed by atoms with Gasteiger partial charge in [-0.05, 0) is 119 Å². The number of aromatic nitrogens is 3. The Bertz CT molecular complexity index is 3890. The van der Waals surface area contributed by atoms with Gasteiger partial charge in [0.25, 0.3) is 0 Å². The molecule has 0 N–H and O–H groups in total. The van der Waals surface area contributed by atoms with Gasteiger partial charge in [0.05, 0.1) is 34.3 Å². The summed E-state index contributed by atoms with van der Waals surface area (Å²) in [5, 5.41) is 9.42. The van der Waals surface area contributed by atoms with Crippen molar-refractivity contribution >= 4 is 54.1 Å². The molecule has 13 rings (SSSR count). The lowest BCUT2D eigenvalue weighted by Gasteiger charge is -2.22. The molecule has 12 aromatic rings. The minimum absolute atomic E-state index is 0.121. The van der Waals surface area contributed by atoms with Crippen LogP contribution in [-0.4, -0.2) is 15.0 Å². The molecule has 0 atom stereocenters. The third kappa shape index (κ3) is 5.93. The lowest BCUT2D eigenvalue weighted by molar-refractivity contribution is 0.660. The fourth-order valence-electron chi connectivity index (χ4n) is 10.6. The normalized spacial score (nSPS) is 12.9. The monoisotopic (exact) mass is 827 g/mol. The largest absolute Gasteiger partial charge is 0.252 e. The molecule has 2 aromatic heterocycles. The summed E-state index contributed by atoms with van der Waals surface area (Å²) >= 11 is 0. The Hall–Kier alpha value is -8.27. The zero-order valence-corrected chi connectivity index (χ0v) is 36.0. The molecule has 65 heavy (non-hydrogen) atoms. The van der Waals surface area contributed by atoms with Gasteiger partial charge in [0.1, 0.15) is 0 Å². The Morgan fingerprint density at radius 2 is 0.862 bits per heavy atom. The highest BCUT2D eigenvalue weighted by Gasteiger charge is 2.35. The molecule has 0 radical (unpaired) electrons. The molecule has 1 aliphatic carbocycles. The van der Waals surface area contributed by atoms with Crippen LogP contribution in [-0.2, 0) is 5.41 Å². The van der Waals surface area contributed by atoms with Crippen LogP contribution in [0.5, 0.6) is 0 Å². The number of hydrogen-bond donors (Lipinski definition) is 0. The number of benzene rings is 10. The maximum Gasteiger partial charge on any atom is 0.0979 e. The molecule has 3 nitrogen and oxygen atoms in total. The summed E-state index contributed by atoms with van der Waals surface area (Å²) in [5.41, 5.74) is 17.3. The van der Waals surface area contributed by atoms with Crippen LogP contribution < -0.4 is 0 Å². The van der Waals surface area contributed by atoms with Crippen molar-refractivity contribution in [3.8, 4) is 67.2 Å². The summed E-state index contributed by atoms with van der Waals surface area (Å²) in [7, 11) is 0. The first kappa shape index (κ1) is 37.3. The molecule has 1 aliphatic rings. The third-order valence-electron chi connectivity index (χ3n) is 13.8. The second-order valence-electron chi connectivity index (χ2n) is 18.0. The van der Waals surface area contributed by atoms with Crippen molar-refractivity contribution in [1.29, 1.82) is 0 Å². The van der Waals surface area contributed by atoms with Gasteiger partial charge >= 0.3 is 0 Å². The fraction of sp³-hybridized carbons (Fsp3) is 0.0484. The van der Waals surface area contributed by atoms with E-state index in [0.717, 1.165) is 72.3 Å². The van der Waals surface area contributed by atoms with Gasteiger partial charge in [-0.2, -0.15) is 0 Å². The van der Waals surface area contributed by atoms with E-state index in [4.69, 9.17) is 15.0 Å². The van der Waals surface area contributed by atoms with Crippen molar-refractivity contribution in [2.75, 3.05) is 0 Å². The van der Waals surface area contributed by atoms with Gasteiger partial charge in [-0.3, -0.25) is 4.98 Å². The van der Waals surface area contributed by atoms with E-state index in [0.29, 0.717) is 0 Å². The standard InChI is InChI=1S/C62H41N3/c1-62(2)55-27-15-14-24-50(55)51-29-28-39(34-56(51)62)41-35-57(38-16-4-3-5-17-38)64-58(36-41)43-30-42(54-33-40-18-6-7-19-45(40)46-20-8-9-23-49(46)54)31-44(32-43)59-37-63-60-52-25-12-10-21-47(52)48-22-11-13-26-53(48)61(60)65-59/h3-37H,1-2H3. The Balaban J connectivity index is 1.07. The molecule has 2 heterocycles. The Kier molecular flexibility index (Phi) is 8.25. The van der Waals surface area contributed by atoms with E-state index in [1.807, 2.05) is 6.20 Å². The maximum absolute atomic E-state index is 5.52. The Labute approximate surface area is 377 Å². The Morgan fingerprint density at radius 3 is 1.62 bits per heavy atom. The van der Waals surface area contributed by atoms with Crippen LogP contribution in [0.4, 0.5) is 0 Å². The van der Waals surface area contributed by atoms with Crippen LogP contribution in [0.25, 0.3) is 121 Å². The maximum atomic E-state index is 5.52. The smallest absolute Gasteiger partial charge is 0.0979 e. The van der Waals surface area contributed by atoms with Crippen molar-refractivity contribution in [2.45, 2.75) is 19.3 Å². The van der Waals surface area contributed by atoms with Crippen molar-refractivity contribution in [3.05, 3.63) is 224 Å². The quantitative estimate of drug-likeness (QED) is 0.162. The summed E-state index contributed by atoms with van der Waals surface area (Å²) in [6.07, 6.45) is 1.95. The van der Waals surface area contributed by atoms with Crippen molar-refractivity contribution in [1.82, 2.24) is 15.0 Å². The predicted octanol–water partition coefficient (Wildman–Crippen LogP) is 16.3. The molecule has 10 aromatic carbocycles. The van der Waals surface area contributed by atoms with Crippen molar-refractivity contribution in [2.24, 2.45) is 0 Å². The van der Waals surface area contributed by atoms with Crippen LogP contribution in [0.3, 0.4) is 0 Å². The third-order valence-corrected chi connectivity index (χ3v) is 13.8. The van der Waals surface area contributed by atoms with Gasteiger partial charge in [0, 0.05) is 32.9 Å². The number of pyridine rings is 1. The van der Waals surface area contributed by atoms with E-state index >= 15 is 0 Å². The molecule has 0 spiro atoms. The number of fused-ring (bicyclic) bond motifs is 12. The molecule has 0 fully saturated rings. The predicted molar refractivity (Wildman–Crippen MR) is 272 cm³/mol. The molecule has 3 heteroatoms. The van der Waals surface area contributed by atoms with Crippen molar-refractivity contribution < 1.29 is 0 Å². The molecular weight excluding hydrogens is 787 g/mol. The van der Waals surface area contributed by atoms with E-state index in [9.17, 15) is 0 Å². The van der Waals surface area contributed by atoms with Gasteiger partial charge in [0.15, 0.2) is 0 Å². The van der Waals surface area contributed by atoms with E-state index in [-0.39, 0.29) is 5.41 Å². The topological polar surface area (TPSA) is 38.7 Å². The molecule has 0 saturated heterocycles. The molecular formula is C62H41N3. The van der Waals surface area contributed by atoms with Crippen molar-refractivity contribution in [3.63, 3.8) is 0 Å². The molecule has 0 saturated carbocycles. The summed E-state index contributed by atoms with van der Waals surface area (Å²) in [4.78, 5) is 16.2. The lowest BCUT2D eigenvalue weighted by Crippen LogP contribution is -2.14. The van der Waals surface area contributed by atoms with Gasteiger partial charge < -0.3 is 0 Å². The first-order valence-electron chi connectivity index (χ1n) is 22.4. The average molecular weight is 828 g/mol. The molecule has 0 bridgehead atoms. The lowest BCUT2D eigenvalue weighted by atomic mass is 9.81. The van der Waals surface area contributed by atoms with Gasteiger partial charge in [0.2, 0.25) is 0 Å². The van der Waals surface area contributed by atoms with E-state index < -0.39 is 0 Å². The van der Waals surface area contributed by atoms with E-state index in [1.54, 1.807) is 0 Å². The number of hydrogen-bond acceptors (Lipinski definition) is 3. The summed E-state index contributed by atoms with van der Waals surface area (Å²) in [5.74, 6) is 0. The average Bonchev–Trinajstić information content (AvgIpc) is 3.61. The minimum Gasteiger partial charge on any atom is -0.252 e. The van der Waals surface area contributed by atoms with E-state index in [1.165, 1.54) is 60.1 Å². The van der Waals surface area contributed by atoms with Crippen LogP contribution in [0, 0.1) is 0 Å². The minimum atomic E-state index is -0.121. The fourth-order valence-corrected chi connectivity index (χ4v) is 10.6. The zero-order valence-electron chi connectivity index (χ0n) is 36.0. The van der Waals surface area contributed by atoms with Gasteiger partial charge in [-0.25, -0.2) is 9.97 Å². The Morgan fingerprint density at radius 1 is 0.308 bits per heavy atom. The van der Waals surface area contributed by atoms with Crippen LogP contribution in [0.1, 0.15) is 25.0 Å². The second-order valence-corrected chi connectivity index (χ2v) is 18.0. The van der Waals surface area contributed by atoms with Gasteiger partial charge in [-0.1, -0.05) is 178 Å². The summed E-state index contributed by atoms with van der Waals surface area (Å²) in [6, 6.07) is 74.7. The SMILES string of the molecule is CC1(C)c2ccccc2-c2ccc(-c3cc(-c4ccccc4)nc(-c4cc(-c5cnc6c7ccccc7c7ccccc7c6n5)cc(-c5cc6ccccc6c6ccccc56)c4)c3)cc21. The zero-order chi connectivity index (χ0) is 43.2. The van der Waals surface area contributed by atoms with Crippen LogP contribution in [0.2, 0.25) is 0 Å². The highest BCUT2D eigenvalue weighted by atomic mass is 14.8. The van der Waals surface area contributed by atoms with Gasteiger partial charge in [-0.15, -0.1) is 0 Å². The molecule has 0 unspecified atom stereocenters. The van der Waals surface area contributed by atoms with Crippen LogP contribution >= 0.6 is 0 Å². The summed E-state index contributed by atoms with van der Waals surface area (Å²) in [6.45, 7) is 4.69. The summed E-state index contributed by atoms with van der Waals surface area (Å²) < 4.78 is 0.